The molecule has 0 N–H and O–H groups in total. The highest BCUT2D eigenvalue weighted by atomic mass is 35.5. The summed E-state index contributed by atoms with van der Waals surface area (Å²) < 4.78 is 32.7. The van der Waals surface area contributed by atoms with E-state index in [2.05, 4.69) is 0 Å². The summed E-state index contributed by atoms with van der Waals surface area (Å²) in [4.78, 5) is 12.8. The minimum atomic E-state index is -3.16. The van der Waals surface area contributed by atoms with E-state index in [1.807, 2.05) is 19.9 Å². The molecule has 1 saturated carbocycles. The molecule has 0 unspecified atom stereocenters. The number of fused-ring (bicyclic) bond motifs is 1. The van der Waals surface area contributed by atoms with E-state index in [9.17, 15) is 13.2 Å². The van der Waals surface area contributed by atoms with Gasteiger partial charge >= 0.3 is 0 Å². The first-order valence-electron chi connectivity index (χ1n) is 8.74. The van der Waals surface area contributed by atoms with Gasteiger partial charge in [-0.3, -0.25) is 4.79 Å². The van der Waals surface area contributed by atoms with Crippen LogP contribution in [0.15, 0.2) is 6.07 Å². The lowest BCUT2D eigenvalue weighted by molar-refractivity contribution is 0.00575. The van der Waals surface area contributed by atoms with Gasteiger partial charge in [-0.1, -0.05) is 11.6 Å². The molecule has 0 radical (unpaired) electrons. The Labute approximate surface area is 153 Å². The molecule has 1 aromatic rings. The number of piperidine rings is 1. The lowest BCUT2D eigenvalue weighted by Crippen LogP contribution is -2.52. The molecule has 25 heavy (non-hydrogen) atoms. The quantitative estimate of drug-likeness (QED) is 0.786. The number of Topliss-reactive ketones (excluding diaryl/α,β-unsaturated/α-hetero) is 1. The first-order valence-corrected chi connectivity index (χ1v) is 10.6. The van der Waals surface area contributed by atoms with Crippen LogP contribution in [0.4, 0.5) is 0 Å². The predicted octanol–water partition coefficient (Wildman–Crippen LogP) is 3.25. The summed E-state index contributed by atoms with van der Waals surface area (Å²) in [5.41, 5.74) is 1.64. The van der Waals surface area contributed by atoms with Crippen molar-refractivity contribution in [3.8, 4) is 5.75 Å². The predicted molar refractivity (Wildman–Crippen MR) is 96.0 cm³/mol. The zero-order chi connectivity index (χ0) is 18.0. The Kier molecular flexibility index (Phi) is 3.94. The van der Waals surface area contributed by atoms with Crippen LogP contribution in [0.3, 0.4) is 0 Å². The van der Waals surface area contributed by atoms with Crippen molar-refractivity contribution in [1.82, 2.24) is 4.31 Å². The smallest absolute Gasteiger partial charge is 0.216 e. The zero-order valence-electron chi connectivity index (χ0n) is 14.5. The van der Waals surface area contributed by atoms with Crippen molar-refractivity contribution in [3.63, 3.8) is 0 Å². The van der Waals surface area contributed by atoms with E-state index in [4.69, 9.17) is 16.3 Å². The molecule has 2 heterocycles. The molecule has 5 nitrogen and oxygen atoms in total. The van der Waals surface area contributed by atoms with Crippen molar-refractivity contribution in [2.75, 3.05) is 13.1 Å². The largest absolute Gasteiger partial charge is 0.486 e. The summed E-state index contributed by atoms with van der Waals surface area (Å²) in [7, 11) is -3.16. The summed E-state index contributed by atoms with van der Waals surface area (Å²) in [5.74, 6) is 0.633. The molecule has 136 valence electrons. The van der Waals surface area contributed by atoms with E-state index in [-0.39, 0.29) is 17.5 Å². The van der Waals surface area contributed by atoms with Gasteiger partial charge in [0.25, 0.3) is 0 Å². The third-order valence-corrected chi connectivity index (χ3v) is 8.65. The van der Waals surface area contributed by atoms with Crippen LogP contribution in [0.25, 0.3) is 0 Å². The molecule has 0 amide bonds. The number of hydrogen-bond donors (Lipinski definition) is 0. The second-order valence-electron chi connectivity index (χ2n) is 7.53. The molecule has 1 saturated heterocycles. The van der Waals surface area contributed by atoms with E-state index in [1.54, 1.807) is 4.31 Å². The summed E-state index contributed by atoms with van der Waals surface area (Å²) in [5, 5.41) is 0.417. The number of ketones is 1. The number of carbonyl (C=O) groups excluding carboxylic acids is 1. The fourth-order valence-electron chi connectivity index (χ4n) is 4.00. The van der Waals surface area contributed by atoms with Crippen LogP contribution in [-0.2, 0) is 10.0 Å². The van der Waals surface area contributed by atoms with Crippen molar-refractivity contribution in [3.05, 3.63) is 27.8 Å². The van der Waals surface area contributed by atoms with Gasteiger partial charge in [-0.25, -0.2) is 12.7 Å². The minimum Gasteiger partial charge on any atom is -0.486 e. The number of sulfonamides is 1. The Morgan fingerprint density at radius 3 is 2.48 bits per heavy atom. The highest BCUT2D eigenvalue weighted by molar-refractivity contribution is 7.90. The van der Waals surface area contributed by atoms with Gasteiger partial charge in [0, 0.05) is 31.0 Å². The number of ether oxygens (including phenoxy) is 1. The molecule has 1 aromatic carbocycles. The highest BCUT2D eigenvalue weighted by Gasteiger charge is 2.48. The molecular weight excluding hydrogens is 362 g/mol. The molecule has 2 fully saturated rings. The number of nitrogens with zero attached hydrogens (tertiary/aromatic N) is 1. The fourth-order valence-corrected chi connectivity index (χ4v) is 6.00. The molecule has 1 aliphatic carbocycles. The number of carbonyl (C=O) groups is 1. The van der Waals surface area contributed by atoms with Gasteiger partial charge in [-0.05, 0) is 43.9 Å². The van der Waals surface area contributed by atoms with Crippen LogP contribution in [0.2, 0.25) is 5.02 Å². The topological polar surface area (TPSA) is 63.7 Å². The van der Waals surface area contributed by atoms with E-state index in [0.717, 1.165) is 24.0 Å². The maximum absolute atomic E-state index is 12.8. The molecular formula is C18H22ClNO4S. The van der Waals surface area contributed by atoms with Crippen LogP contribution < -0.4 is 4.74 Å². The van der Waals surface area contributed by atoms with Crippen LogP contribution >= 0.6 is 11.6 Å². The number of hydrogen-bond acceptors (Lipinski definition) is 4. The van der Waals surface area contributed by atoms with Gasteiger partial charge in [0.15, 0.2) is 5.78 Å². The summed E-state index contributed by atoms with van der Waals surface area (Å²) >= 11 is 6.28. The molecule has 7 heteroatoms. The lowest BCUT2D eigenvalue weighted by atomic mass is 9.82. The summed E-state index contributed by atoms with van der Waals surface area (Å²) in [6.07, 6.45) is 2.92. The van der Waals surface area contributed by atoms with E-state index >= 15 is 0 Å². The summed E-state index contributed by atoms with van der Waals surface area (Å²) in [6.45, 7) is 4.59. The third-order valence-electron chi connectivity index (χ3n) is 5.67. The maximum Gasteiger partial charge on any atom is 0.216 e. The second kappa shape index (κ2) is 5.69. The Bertz CT molecular complexity index is 852. The van der Waals surface area contributed by atoms with Crippen molar-refractivity contribution in [2.45, 2.75) is 56.8 Å². The number of halogens is 1. The molecule has 3 aliphatic rings. The van der Waals surface area contributed by atoms with Crippen LogP contribution in [-0.4, -0.2) is 42.4 Å². The first-order chi connectivity index (χ1) is 11.7. The van der Waals surface area contributed by atoms with Gasteiger partial charge < -0.3 is 4.74 Å². The number of aryl methyl sites for hydroxylation is 1. The van der Waals surface area contributed by atoms with E-state index in [1.165, 1.54) is 0 Å². The van der Waals surface area contributed by atoms with Crippen LogP contribution in [0, 0.1) is 13.8 Å². The van der Waals surface area contributed by atoms with E-state index in [0.29, 0.717) is 42.3 Å². The average molecular weight is 384 g/mol. The molecule has 2 aliphatic heterocycles. The third kappa shape index (κ3) is 2.78. The fraction of sp³-hybridized carbons (Fsp3) is 0.611. The zero-order valence-corrected chi connectivity index (χ0v) is 16.0. The van der Waals surface area contributed by atoms with Crippen molar-refractivity contribution in [1.29, 1.82) is 0 Å². The monoisotopic (exact) mass is 383 g/mol. The molecule has 4 rings (SSSR count). The van der Waals surface area contributed by atoms with Gasteiger partial charge in [-0.15, -0.1) is 0 Å². The number of rotatable bonds is 2. The average Bonchev–Trinajstić information content (AvgIpc) is 3.38. The Morgan fingerprint density at radius 1 is 1.24 bits per heavy atom. The van der Waals surface area contributed by atoms with Crippen LogP contribution in [0.5, 0.6) is 5.75 Å². The molecule has 0 bridgehead atoms. The Hall–Kier alpha value is -1.11. The van der Waals surface area contributed by atoms with Crippen molar-refractivity contribution in [2.24, 2.45) is 0 Å². The van der Waals surface area contributed by atoms with Gasteiger partial charge in [0.2, 0.25) is 10.0 Å². The number of benzene rings is 1. The second-order valence-corrected chi connectivity index (χ2v) is 10.1. The van der Waals surface area contributed by atoms with Gasteiger partial charge in [0.05, 0.1) is 17.2 Å². The van der Waals surface area contributed by atoms with Crippen molar-refractivity contribution >= 4 is 27.4 Å². The minimum absolute atomic E-state index is 0.0409. The van der Waals surface area contributed by atoms with Gasteiger partial charge in [0.1, 0.15) is 11.4 Å². The lowest BCUT2D eigenvalue weighted by Gasteiger charge is -2.44. The van der Waals surface area contributed by atoms with Crippen molar-refractivity contribution < 1.29 is 17.9 Å². The molecule has 1 spiro atoms. The first kappa shape index (κ1) is 17.3. The highest BCUT2D eigenvalue weighted by Crippen LogP contribution is 2.44. The Balaban J connectivity index is 1.59. The summed E-state index contributed by atoms with van der Waals surface area (Å²) in [6, 6.07) is 1.83. The maximum atomic E-state index is 12.8. The van der Waals surface area contributed by atoms with Crippen LogP contribution in [0.1, 0.15) is 53.6 Å². The van der Waals surface area contributed by atoms with E-state index < -0.39 is 15.6 Å². The normalized spacial score (nSPS) is 23.4. The molecule has 0 aromatic heterocycles. The molecule has 0 atom stereocenters. The van der Waals surface area contributed by atoms with Gasteiger partial charge in [-0.2, -0.15) is 0 Å². The standard InChI is InChI=1S/C18H22ClNO4S/c1-11-9-15-16(12(2)17(11)19)14(21)10-18(24-15)5-7-20(8-6-18)25(22,23)13-3-4-13/h9,13H,3-8,10H2,1-2H3. The SMILES string of the molecule is Cc1cc2c(c(C)c1Cl)C(=O)CC1(CCN(S(=O)(=O)C3CC3)CC1)O2. The Morgan fingerprint density at radius 2 is 1.88 bits per heavy atom.